The van der Waals surface area contributed by atoms with Crippen LogP contribution in [0.3, 0.4) is 0 Å². The molecule has 3 saturated carbocycles. The highest BCUT2D eigenvalue weighted by Gasteiger charge is 2.35. The number of allylic oxidation sites excluding steroid dienone is 1. The van der Waals surface area contributed by atoms with E-state index >= 15 is 0 Å². The molecule has 0 bridgehead atoms. The molecule has 4 rings (SSSR count). The van der Waals surface area contributed by atoms with Crippen LogP contribution in [0.2, 0.25) is 0 Å². The quantitative estimate of drug-likeness (QED) is 0.303. The first-order valence-corrected chi connectivity index (χ1v) is 13.3. The Balaban J connectivity index is 1.18. The van der Waals surface area contributed by atoms with Crippen LogP contribution in [0.1, 0.15) is 99.4 Å². The Kier molecular flexibility index (Phi) is 8.42. The Morgan fingerprint density at radius 1 is 0.853 bits per heavy atom. The maximum absolute atomic E-state index is 12.9. The maximum atomic E-state index is 12.9. The normalized spacial score (nSPS) is 32.7. The Labute approximate surface area is 202 Å². The lowest BCUT2D eigenvalue weighted by Crippen LogP contribution is -2.31. The van der Waals surface area contributed by atoms with Crippen molar-refractivity contribution < 1.29 is 22.7 Å². The lowest BCUT2D eigenvalue weighted by molar-refractivity contribution is -0.137. The van der Waals surface area contributed by atoms with Gasteiger partial charge in [0.05, 0.1) is 11.1 Å². The number of esters is 1. The Hall–Kier alpha value is -1.78. The van der Waals surface area contributed by atoms with Crippen LogP contribution in [0, 0.1) is 29.6 Å². The smallest absolute Gasteiger partial charge is 0.416 e. The predicted octanol–water partition coefficient (Wildman–Crippen LogP) is 8.61. The van der Waals surface area contributed by atoms with Gasteiger partial charge in [0.2, 0.25) is 0 Å². The van der Waals surface area contributed by atoms with E-state index in [-0.39, 0.29) is 11.7 Å². The van der Waals surface area contributed by atoms with Gasteiger partial charge in [-0.2, -0.15) is 13.2 Å². The van der Waals surface area contributed by atoms with E-state index < -0.39 is 17.7 Å². The second-order valence-corrected chi connectivity index (χ2v) is 11.0. The van der Waals surface area contributed by atoms with Crippen molar-refractivity contribution in [3.8, 4) is 0 Å². The lowest BCUT2D eigenvalue weighted by Gasteiger charge is -2.41. The molecule has 0 atom stereocenters. The molecular formula is C29H39F3O2. The van der Waals surface area contributed by atoms with Crippen LogP contribution in [0.15, 0.2) is 36.9 Å². The van der Waals surface area contributed by atoms with Gasteiger partial charge < -0.3 is 4.74 Å². The molecule has 0 aliphatic heterocycles. The van der Waals surface area contributed by atoms with E-state index in [2.05, 4.69) is 12.7 Å². The van der Waals surface area contributed by atoms with Crippen molar-refractivity contribution in [1.29, 1.82) is 0 Å². The van der Waals surface area contributed by atoms with E-state index in [0.29, 0.717) is 5.92 Å². The average molecular weight is 477 g/mol. The third-order valence-electron chi connectivity index (χ3n) is 8.96. The van der Waals surface area contributed by atoms with E-state index in [9.17, 15) is 18.0 Å². The van der Waals surface area contributed by atoms with Gasteiger partial charge in [-0.3, -0.25) is 0 Å². The molecule has 0 spiro atoms. The summed E-state index contributed by atoms with van der Waals surface area (Å²) in [6.45, 7) is 3.90. The average Bonchev–Trinajstić information content (AvgIpc) is 2.85. The monoisotopic (exact) mass is 476 g/mol. The number of halogens is 3. The number of carbonyl (C=O) groups excluding carboxylic acids is 1. The molecule has 0 unspecified atom stereocenters. The highest BCUT2D eigenvalue weighted by Crippen LogP contribution is 2.46. The van der Waals surface area contributed by atoms with Gasteiger partial charge in [-0.05, 0) is 131 Å². The summed E-state index contributed by atoms with van der Waals surface area (Å²) in [5.74, 6) is 3.54. The van der Waals surface area contributed by atoms with Crippen molar-refractivity contribution in [3.05, 3.63) is 48.0 Å². The topological polar surface area (TPSA) is 26.3 Å². The summed E-state index contributed by atoms with van der Waals surface area (Å²) in [5.41, 5.74) is -0.833. The summed E-state index contributed by atoms with van der Waals surface area (Å²) < 4.78 is 44.4. The van der Waals surface area contributed by atoms with E-state index in [0.717, 1.165) is 61.5 Å². The zero-order chi connectivity index (χ0) is 24.1. The minimum Gasteiger partial charge on any atom is -0.459 e. The molecule has 2 nitrogen and oxygen atoms in total. The summed E-state index contributed by atoms with van der Waals surface area (Å²) in [7, 11) is 0. The third kappa shape index (κ3) is 6.46. The molecule has 0 aromatic heterocycles. The Morgan fingerprint density at radius 2 is 1.35 bits per heavy atom. The van der Waals surface area contributed by atoms with Crippen LogP contribution in [0.25, 0.3) is 0 Å². The largest absolute Gasteiger partial charge is 0.459 e. The number of carbonyl (C=O) groups is 1. The van der Waals surface area contributed by atoms with Crippen molar-refractivity contribution in [2.75, 3.05) is 0 Å². The molecule has 1 aromatic carbocycles. The van der Waals surface area contributed by atoms with Crippen molar-refractivity contribution >= 4 is 5.97 Å². The molecular weight excluding hydrogens is 437 g/mol. The van der Waals surface area contributed by atoms with Crippen molar-refractivity contribution in [3.63, 3.8) is 0 Å². The molecule has 0 radical (unpaired) electrons. The van der Waals surface area contributed by atoms with E-state index in [1.54, 1.807) is 0 Å². The highest BCUT2D eigenvalue weighted by atomic mass is 19.4. The van der Waals surface area contributed by atoms with Gasteiger partial charge in [-0.25, -0.2) is 4.79 Å². The number of hydrogen-bond donors (Lipinski definition) is 0. The number of ether oxygens (including phenoxy) is 1. The van der Waals surface area contributed by atoms with Gasteiger partial charge in [0, 0.05) is 0 Å². The van der Waals surface area contributed by atoms with Crippen LogP contribution >= 0.6 is 0 Å². The summed E-state index contributed by atoms with van der Waals surface area (Å²) in [6, 6.07) is 4.52. The SMILES string of the molecule is C=CC[C@H]1CC[C@H]([C@H]2CC[C@H]([C@H]3CC[C@H](OC(=O)c4cccc(C(F)(F)F)c4)CC3)CC2)CC1. The van der Waals surface area contributed by atoms with Crippen LogP contribution in [-0.4, -0.2) is 12.1 Å². The Bertz CT molecular complexity index is 809. The zero-order valence-corrected chi connectivity index (χ0v) is 20.2. The minimum absolute atomic E-state index is 0.0196. The summed E-state index contributed by atoms with van der Waals surface area (Å²) in [6.07, 6.45) is 13.3. The lowest BCUT2D eigenvalue weighted by atomic mass is 9.65. The standard InChI is InChI=1S/C29H39F3O2/c1-2-4-20-7-9-21(10-8-20)22-11-13-23(14-12-22)24-15-17-27(18-16-24)34-28(33)25-5-3-6-26(19-25)29(30,31)32/h2-3,5-6,19-24,27H,1,4,7-18H2/t20-,21-,22-,23-,24-,27-. The molecule has 3 aliphatic carbocycles. The molecule has 1 aromatic rings. The van der Waals surface area contributed by atoms with E-state index in [4.69, 9.17) is 4.74 Å². The van der Waals surface area contributed by atoms with Gasteiger partial charge in [0.15, 0.2) is 0 Å². The van der Waals surface area contributed by atoms with Crippen molar-refractivity contribution in [2.24, 2.45) is 29.6 Å². The molecule has 3 fully saturated rings. The molecule has 0 N–H and O–H groups in total. The second-order valence-electron chi connectivity index (χ2n) is 11.0. The third-order valence-corrected chi connectivity index (χ3v) is 8.96. The van der Waals surface area contributed by atoms with Gasteiger partial charge in [0.1, 0.15) is 6.10 Å². The van der Waals surface area contributed by atoms with Crippen LogP contribution in [0.4, 0.5) is 13.2 Å². The van der Waals surface area contributed by atoms with Gasteiger partial charge >= 0.3 is 12.1 Å². The Morgan fingerprint density at radius 3 is 1.85 bits per heavy atom. The first kappa shape index (κ1) is 25.3. The van der Waals surface area contributed by atoms with Crippen LogP contribution in [0.5, 0.6) is 0 Å². The molecule has 0 heterocycles. The molecule has 34 heavy (non-hydrogen) atoms. The predicted molar refractivity (Wildman–Crippen MR) is 128 cm³/mol. The summed E-state index contributed by atoms with van der Waals surface area (Å²) in [4.78, 5) is 12.4. The fourth-order valence-electron chi connectivity index (χ4n) is 6.94. The molecule has 3 aliphatic rings. The number of benzene rings is 1. The van der Waals surface area contributed by atoms with Crippen LogP contribution < -0.4 is 0 Å². The van der Waals surface area contributed by atoms with E-state index in [1.165, 1.54) is 69.9 Å². The zero-order valence-electron chi connectivity index (χ0n) is 20.2. The first-order valence-electron chi connectivity index (χ1n) is 13.3. The van der Waals surface area contributed by atoms with Crippen molar-refractivity contribution in [1.82, 2.24) is 0 Å². The summed E-state index contributed by atoms with van der Waals surface area (Å²) in [5, 5.41) is 0. The first-order chi connectivity index (χ1) is 16.3. The molecule has 0 saturated heterocycles. The maximum Gasteiger partial charge on any atom is 0.416 e. The molecule has 0 amide bonds. The summed E-state index contributed by atoms with van der Waals surface area (Å²) >= 11 is 0. The molecule has 188 valence electrons. The number of rotatable bonds is 6. The van der Waals surface area contributed by atoms with Gasteiger partial charge in [-0.1, -0.05) is 12.1 Å². The fourth-order valence-corrected chi connectivity index (χ4v) is 6.94. The van der Waals surface area contributed by atoms with Crippen LogP contribution in [-0.2, 0) is 10.9 Å². The number of alkyl halides is 3. The minimum atomic E-state index is -4.46. The molecule has 5 heteroatoms. The highest BCUT2D eigenvalue weighted by molar-refractivity contribution is 5.89. The van der Waals surface area contributed by atoms with E-state index in [1.807, 2.05) is 0 Å². The number of hydrogen-bond acceptors (Lipinski definition) is 2. The van der Waals surface area contributed by atoms with Crippen molar-refractivity contribution in [2.45, 2.75) is 95.8 Å². The fraction of sp³-hybridized carbons (Fsp3) is 0.690. The van der Waals surface area contributed by atoms with Gasteiger partial charge in [-0.15, -0.1) is 6.58 Å². The second kappa shape index (κ2) is 11.3. The van der Waals surface area contributed by atoms with Gasteiger partial charge in [0.25, 0.3) is 0 Å².